The van der Waals surface area contributed by atoms with Gasteiger partial charge in [-0.25, -0.2) is 4.79 Å². The fraction of sp³-hybridized carbons (Fsp3) is 0.280. The number of amides is 2. The van der Waals surface area contributed by atoms with Crippen LogP contribution in [-0.2, 0) is 9.53 Å². The minimum absolute atomic E-state index is 0.00627. The summed E-state index contributed by atoms with van der Waals surface area (Å²) in [5.74, 6) is -1.56. The topological polar surface area (TPSA) is 122 Å². The molecule has 1 aromatic heterocycles. The summed E-state index contributed by atoms with van der Waals surface area (Å²) in [4.78, 5) is 37.7. The van der Waals surface area contributed by atoms with Crippen LogP contribution in [0.3, 0.4) is 0 Å². The number of benzene rings is 2. The number of aromatic nitrogens is 1. The van der Waals surface area contributed by atoms with Crippen LogP contribution >= 0.6 is 0 Å². The molecule has 2 heterocycles. The van der Waals surface area contributed by atoms with Gasteiger partial charge in [0.25, 0.3) is 5.91 Å². The van der Waals surface area contributed by atoms with Crippen molar-refractivity contribution in [3.63, 3.8) is 0 Å². The normalized spacial score (nSPS) is 22.0. The van der Waals surface area contributed by atoms with Crippen molar-refractivity contribution in [1.29, 1.82) is 0 Å². The summed E-state index contributed by atoms with van der Waals surface area (Å²) in [6, 6.07) is 17.5. The third kappa shape index (κ3) is 3.32. The number of hydrogen-bond acceptors (Lipinski definition) is 6. The van der Waals surface area contributed by atoms with Crippen molar-refractivity contribution < 1.29 is 28.8 Å². The number of carboxylic acid groups (broad SMARTS) is 1. The summed E-state index contributed by atoms with van der Waals surface area (Å²) in [7, 11) is 0. The number of nitrogens with zero attached hydrogens (tertiary/aromatic N) is 2. The second-order valence-electron chi connectivity index (χ2n) is 8.93. The summed E-state index contributed by atoms with van der Waals surface area (Å²) in [5, 5.41) is 15.3. The van der Waals surface area contributed by atoms with E-state index in [4.69, 9.17) is 14.4 Å². The Kier molecular flexibility index (Phi) is 4.65. The number of piperidine rings is 1. The summed E-state index contributed by atoms with van der Waals surface area (Å²) in [6.07, 6.45) is -0.705. The van der Waals surface area contributed by atoms with Gasteiger partial charge in [-0.3, -0.25) is 14.9 Å². The number of anilines is 1. The molecule has 1 aliphatic heterocycles. The van der Waals surface area contributed by atoms with E-state index in [9.17, 15) is 14.4 Å². The third-order valence-electron chi connectivity index (χ3n) is 7.06. The Labute approximate surface area is 194 Å². The molecule has 2 aliphatic carbocycles. The molecule has 3 aromatic rings. The number of likely N-dealkylation sites (tertiary alicyclic amines) is 1. The standard InChI is InChI=1S/C25H21N3O6/c29-23(28-10-17-18(11-28)22(17)24(30)31)20-9-21(34-27-20)26-25(32)33-12-19-15-7-3-1-5-13(15)14-6-2-4-8-16(14)19/h1-9,17-19,22H,10-12H2,(H,26,32)(H,30,31). The molecule has 0 spiro atoms. The van der Waals surface area contributed by atoms with Gasteiger partial charge < -0.3 is 19.3 Å². The maximum absolute atomic E-state index is 12.6. The van der Waals surface area contributed by atoms with Gasteiger partial charge in [0.15, 0.2) is 5.69 Å². The second-order valence-corrected chi connectivity index (χ2v) is 8.93. The fourth-order valence-corrected chi connectivity index (χ4v) is 5.39. The molecule has 9 nitrogen and oxygen atoms in total. The average molecular weight is 459 g/mol. The van der Waals surface area contributed by atoms with Crippen molar-refractivity contribution in [2.45, 2.75) is 5.92 Å². The maximum Gasteiger partial charge on any atom is 0.414 e. The molecule has 2 aromatic carbocycles. The fourth-order valence-electron chi connectivity index (χ4n) is 5.39. The first kappa shape index (κ1) is 20.5. The van der Waals surface area contributed by atoms with E-state index in [-0.39, 0.29) is 47.8 Å². The molecule has 0 bridgehead atoms. The van der Waals surface area contributed by atoms with E-state index in [1.807, 2.05) is 36.4 Å². The van der Waals surface area contributed by atoms with E-state index in [1.54, 1.807) is 4.90 Å². The van der Waals surface area contributed by atoms with Gasteiger partial charge in [0, 0.05) is 25.1 Å². The molecule has 172 valence electrons. The number of hydrogen-bond donors (Lipinski definition) is 2. The van der Waals surface area contributed by atoms with Crippen molar-refractivity contribution in [3.05, 3.63) is 71.4 Å². The highest BCUT2D eigenvalue weighted by Crippen LogP contribution is 2.52. The van der Waals surface area contributed by atoms with E-state index < -0.39 is 12.1 Å². The number of ether oxygens (including phenoxy) is 1. The van der Waals surface area contributed by atoms with Crippen molar-refractivity contribution in [3.8, 4) is 11.1 Å². The van der Waals surface area contributed by atoms with Crippen molar-refractivity contribution >= 4 is 23.9 Å². The first-order valence-corrected chi connectivity index (χ1v) is 11.1. The molecule has 34 heavy (non-hydrogen) atoms. The van der Waals surface area contributed by atoms with Gasteiger partial charge in [-0.2, -0.15) is 0 Å². The SMILES string of the molecule is O=C(Nc1cc(C(=O)N2CC3C(C2)C3C(=O)O)no1)OCC1c2ccccc2-c2ccccc21. The summed E-state index contributed by atoms with van der Waals surface area (Å²) < 4.78 is 10.6. The number of carbonyl (C=O) groups excluding carboxylic acids is 2. The molecule has 6 rings (SSSR count). The Morgan fingerprint density at radius 3 is 2.26 bits per heavy atom. The highest BCUT2D eigenvalue weighted by atomic mass is 16.6. The average Bonchev–Trinajstić information content (AvgIpc) is 3.20. The smallest absolute Gasteiger partial charge is 0.414 e. The summed E-state index contributed by atoms with van der Waals surface area (Å²) in [6.45, 7) is 0.937. The largest absolute Gasteiger partial charge is 0.481 e. The van der Waals surface area contributed by atoms with Gasteiger partial charge in [0.1, 0.15) is 6.61 Å². The van der Waals surface area contributed by atoms with Crippen LogP contribution in [-0.4, -0.2) is 52.8 Å². The number of aliphatic carboxylic acids is 1. The molecule has 3 aliphatic rings. The van der Waals surface area contributed by atoms with Gasteiger partial charge in [0.2, 0.25) is 5.88 Å². The van der Waals surface area contributed by atoms with Gasteiger partial charge in [-0.15, -0.1) is 0 Å². The lowest BCUT2D eigenvalue weighted by molar-refractivity contribution is -0.139. The third-order valence-corrected chi connectivity index (χ3v) is 7.06. The van der Waals surface area contributed by atoms with E-state index in [2.05, 4.69) is 22.6 Å². The number of carbonyl (C=O) groups is 3. The molecule has 9 heteroatoms. The first-order chi connectivity index (χ1) is 16.5. The molecule has 2 fully saturated rings. The van der Waals surface area contributed by atoms with Crippen LogP contribution in [0, 0.1) is 17.8 Å². The van der Waals surface area contributed by atoms with Crippen LogP contribution in [0.1, 0.15) is 27.5 Å². The minimum Gasteiger partial charge on any atom is -0.481 e. The molecule has 1 saturated heterocycles. The van der Waals surface area contributed by atoms with Crippen LogP contribution in [0.25, 0.3) is 11.1 Å². The van der Waals surface area contributed by atoms with E-state index in [1.165, 1.54) is 6.07 Å². The monoisotopic (exact) mass is 459 g/mol. The van der Waals surface area contributed by atoms with Gasteiger partial charge >= 0.3 is 12.1 Å². The maximum atomic E-state index is 12.6. The minimum atomic E-state index is -0.807. The zero-order valence-electron chi connectivity index (χ0n) is 18.0. The lowest BCUT2D eigenvalue weighted by Gasteiger charge is -2.17. The number of rotatable bonds is 5. The van der Waals surface area contributed by atoms with Crippen LogP contribution < -0.4 is 5.32 Å². The van der Waals surface area contributed by atoms with E-state index in [0.29, 0.717) is 13.1 Å². The number of carboxylic acids is 1. The molecule has 2 amide bonds. The Bertz CT molecular complexity index is 1260. The van der Waals surface area contributed by atoms with Crippen molar-refractivity contribution in [1.82, 2.24) is 10.1 Å². The van der Waals surface area contributed by atoms with Crippen LogP contribution in [0.5, 0.6) is 0 Å². The van der Waals surface area contributed by atoms with Crippen LogP contribution in [0.4, 0.5) is 10.7 Å². The van der Waals surface area contributed by atoms with E-state index in [0.717, 1.165) is 22.3 Å². The quantitative estimate of drug-likeness (QED) is 0.599. The first-order valence-electron chi connectivity index (χ1n) is 11.1. The van der Waals surface area contributed by atoms with E-state index >= 15 is 0 Å². The second kappa shape index (κ2) is 7.72. The molecular weight excluding hydrogens is 438 g/mol. The summed E-state index contributed by atoms with van der Waals surface area (Å²) >= 11 is 0. The van der Waals surface area contributed by atoms with Gasteiger partial charge in [0.05, 0.1) is 5.92 Å². The molecule has 2 unspecified atom stereocenters. The Hall–Kier alpha value is -4.14. The van der Waals surface area contributed by atoms with Crippen molar-refractivity contribution in [2.75, 3.05) is 25.0 Å². The van der Waals surface area contributed by atoms with Crippen molar-refractivity contribution in [2.24, 2.45) is 17.8 Å². The Balaban J connectivity index is 1.06. The lowest BCUT2D eigenvalue weighted by Crippen LogP contribution is -2.32. The molecular formula is C25H21N3O6. The highest BCUT2D eigenvalue weighted by Gasteiger charge is 2.60. The lowest BCUT2D eigenvalue weighted by atomic mass is 9.98. The molecule has 1 saturated carbocycles. The molecule has 0 radical (unpaired) electrons. The van der Waals surface area contributed by atoms with Gasteiger partial charge in [-0.1, -0.05) is 53.7 Å². The molecule has 2 atom stereocenters. The predicted molar refractivity (Wildman–Crippen MR) is 119 cm³/mol. The van der Waals surface area contributed by atoms with Crippen LogP contribution in [0.2, 0.25) is 0 Å². The zero-order chi connectivity index (χ0) is 23.4. The summed E-state index contributed by atoms with van der Waals surface area (Å²) in [5.41, 5.74) is 4.55. The Morgan fingerprint density at radius 2 is 1.65 bits per heavy atom. The highest BCUT2D eigenvalue weighted by molar-refractivity contribution is 5.94. The number of fused-ring (bicyclic) bond motifs is 4. The zero-order valence-corrected chi connectivity index (χ0v) is 18.0. The Morgan fingerprint density at radius 1 is 1.03 bits per heavy atom. The van der Waals surface area contributed by atoms with Gasteiger partial charge in [-0.05, 0) is 34.1 Å². The molecule has 2 N–H and O–H groups in total. The predicted octanol–water partition coefficient (Wildman–Crippen LogP) is 3.44. The number of nitrogens with one attached hydrogen (secondary N) is 1. The van der Waals surface area contributed by atoms with Crippen LogP contribution in [0.15, 0.2) is 59.1 Å².